The first-order chi connectivity index (χ1) is 11.6. The molecule has 2 aromatic carbocycles. The van der Waals surface area contributed by atoms with Crippen LogP contribution in [0.25, 0.3) is 0 Å². The Balaban J connectivity index is 1.68. The lowest BCUT2D eigenvalue weighted by molar-refractivity contribution is 0.102. The Morgan fingerprint density at radius 3 is 2.33 bits per heavy atom. The number of amides is 1. The number of aromatic nitrogens is 2. The Bertz CT molecular complexity index is 848. The van der Waals surface area contributed by atoms with Gasteiger partial charge in [-0.2, -0.15) is 0 Å². The van der Waals surface area contributed by atoms with E-state index in [-0.39, 0.29) is 5.91 Å². The van der Waals surface area contributed by atoms with Gasteiger partial charge >= 0.3 is 0 Å². The van der Waals surface area contributed by atoms with Gasteiger partial charge in [0.25, 0.3) is 5.91 Å². The fraction of sp³-hybridized carbons (Fsp3) is 0.0556. The number of benzene rings is 2. The number of nitrogens with zero attached hydrogens (tertiary/aromatic N) is 2. The number of hydrogen-bond donors (Lipinski definition) is 2. The molecular weight excluding hydrogens is 324 g/mol. The van der Waals surface area contributed by atoms with E-state index in [2.05, 4.69) is 20.6 Å². The van der Waals surface area contributed by atoms with E-state index in [1.165, 1.54) is 18.0 Å². The van der Waals surface area contributed by atoms with Crippen molar-refractivity contribution in [3.8, 4) is 0 Å². The zero-order valence-corrected chi connectivity index (χ0v) is 13.7. The molecule has 1 heterocycles. The van der Waals surface area contributed by atoms with Crippen molar-refractivity contribution >= 4 is 34.8 Å². The Kier molecular flexibility index (Phi) is 4.72. The normalized spacial score (nSPS) is 10.2. The molecule has 6 heteroatoms. The molecule has 0 atom stereocenters. The molecule has 1 amide bonds. The van der Waals surface area contributed by atoms with E-state index in [0.717, 1.165) is 5.69 Å². The summed E-state index contributed by atoms with van der Waals surface area (Å²) in [6.07, 6.45) is 2.94. The molecule has 1 aromatic heterocycles. The molecule has 0 radical (unpaired) electrons. The molecule has 0 aliphatic heterocycles. The first-order valence-electron chi connectivity index (χ1n) is 7.33. The van der Waals surface area contributed by atoms with Gasteiger partial charge in [0.2, 0.25) is 5.95 Å². The zero-order chi connectivity index (χ0) is 16.9. The first-order valence-corrected chi connectivity index (χ1v) is 7.71. The molecule has 5 nitrogen and oxygen atoms in total. The SMILES string of the molecule is Cc1ccc(Nc2ncc(C(=O)Nc3ccccc3Cl)cn2)cc1. The molecule has 0 aliphatic rings. The lowest BCUT2D eigenvalue weighted by Crippen LogP contribution is -2.13. The zero-order valence-electron chi connectivity index (χ0n) is 13.0. The van der Waals surface area contributed by atoms with Crippen LogP contribution in [-0.2, 0) is 0 Å². The Labute approximate surface area is 144 Å². The van der Waals surface area contributed by atoms with Crippen LogP contribution in [-0.4, -0.2) is 15.9 Å². The van der Waals surface area contributed by atoms with Crippen LogP contribution < -0.4 is 10.6 Å². The average molecular weight is 339 g/mol. The maximum atomic E-state index is 12.2. The van der Waals surface area contributed by atoms with E-state index in [4.69, 9.17) is 11.6 Å². The molecule has 0 saturated carbocycles. The van der Waals surface area contributed by atoms with Gasteiger partial charge in [-0.15, -0.1) is 0 Å². The number of nitrogens with one attached hydrogen (secondary N) is 2. The van der Waals surface area contributed by atoms with Crippen molar-refractivity contribution < 1.29 is 4.79 Å². The number of halogens is 1. The van der Waals surface area contributed by atoms with Crippen molar-refractivity contribution in [1.82, 2.24) is 9.97 Å². The van der Waals surface area contributed by atoms with Crippen LogP contribution in [0.15, 0.2) is 60.9 Å². The second-order valence-electron chi connectivity index (χ2n) is 5.22. The lowest BCUT2D eigenvalue weighted by Gasteiger charge is -2.08. The molecule has 0 saturated heterocycles. The smallest absolute Gasteiger partial charge is 0.258 e. The molecule has 0 unspecified atom stereocenters. The van der Waals surface area contributed by atoms with E-state index in [9.17, 15) is 4.79 Å². The number of aryl methyl sites for hydroxylation is 1. The van der Waals surface area contributed by atoms with Crippen molar-refractivity contribution in [1.29, 1.82) is 0 Å². The third-order valence-corrected chi connectivity index (χ3v) is 3.67. The molecule has 0 spiro atoms. The van der Waals surface area contributed by atoms with Crippen LogP contribution in [0.3, 0.4) is 0 Å². The standard InChI is InChI=1S/C18H15ClN4O/c1-12-6-8-14(9-7-12)22-18-20-10-13(11-21-18)17(24)23-16-5-3-2-4-15(16)19/h2-11H,1H3,(H,23,24)(H,20,21,22). The fourth-order valence-corrected chi connectivity index (χ4v) is 2.22. The number of hydrogen-bond acceptors (Lipinski definition) is 4. The molecule has 0 fully saturated rings. The highest BCUT2D eigenvalue weighted by Crippen LogP contribution is 2.21. The summed E-state index contributed by atoms with van der Waals surface area (Å²) >= 11 is 6.03. The molecular formula is C18H15ClN4O. The van der Waals surface area contributed by atoms with Crippen LogP contribution >= 0.6 is 11.6 Å². The summed E-state index contributed by atoms with van der Waals surface area (Å²) in [5.41, 5.74) is 2.96. The van der Waals surface area contributed by atoms with Gasteiger partial charge < -0.3 is 10.6 Å². The molecule has 3 rings (SSSR count). The summed E-state index contributed by atoms with van der Waals surface area (Å²) in [7, 11) is 0. The Hall–Kier alpha value is -2.92. The van der Waals surface area contributed by atoms with E-state index in [1.54, 1.807) is 24.3 Å². The van der Waals surface area contributed by atoms with E-state index in [0.29, 0.717) is 22.2 Å². The highest BCUT2D eigenvalue weighted by molar-refractivity contribution is 6.33. The van der Waals surface area contributed by atoms with E-state index in [1.807, 2.05) is 31.2 Å². The van der Waals surface area contributed by atoms with Gasteiger partial charge in [-0.05, 0) is 31.2 Å². The largest absolute Gasteiger partial charge is 0.324 e. The monoisotopic (exact) mass is 338 g/mol. The molecule has 3 aromatic rings. The van der Waals surface area contributed by atoms with Crippen molar-refractivity contribution in [3.63, 3.8) is 0 Å². The predicted molar refractivity (Wildman–Crippen MR) is 95.9 cm³/mol. The van der Waals surface area contributed by atoms with Crippen molar-refractivity contribution in [2.24, 2.45) is 0 Å². The van der Waals surface area contributed by atoms with E-state index < -0.39 is 0 Å². The van der Waals surface area contributed by atoms with Gasteiger partial charge in [-0.25, -0.2) is 9.97 Å². The molecule has 120 valence electrons. The van der Waals surface area contributed by atoms with E-state index >= 15 is 0 Å². The van der Waals surface area contributed by atoms with Gasteiger partial charge in [-0.1, -0.05) is 41.4 Å². The van der Waals surface area contributed by atoms with Crippen LogP contribution in [0.5, 0.6) is 0 Å². The lowest BCUT2D eigenvalue weighted by atomic mass is 10.2. The molecule has 0 bridgehead atoms. The quantitative estimate of drug-likeness (QED) is 0.738. The Morgan fingerprint density at radius 2 is 1.67 bits per heavy atom. The van der Waals surface area contributed by atoms with Crippen LogP contribution in [0.2, 0.25) is 5.02 Å². The topological polar surface area (TPSA) is 66.9 Å². The fourth-order valence-electron chi connectivity index (χ4n) is 2.03. The molecule has 24 heavy (non-hydrogen) atoms. The van der Waals surface area contributed by atoms with Gasteiger partial charge in [0.1, 0.15) is 0 Å². The minimum atomic E-state index is -0.315. The van der Waals surface area contributed by atoms with Crippen molar-refractivity contribution in [2.45, 2.75) is 6.92 Å². The summed E-state index contributed by atoms with van der Waals surface area (Å²) in [5.74, 6) is 0.109. The minimum Gasteiger partial charge on any atom is -0.324 e. The summed E-state index contributed by atoms with van der Waals surface area (Å²) in [6, 6.07) is 14.9. The second-order valence-corrected chi connectivity index (χ2v) is 5.63. The number of rotatable bonds is 4. The number of para-hydroxylation sites is 1. The van der Waals surface area contributed by atoms with Gasteiger partial charge in [0.05, 0.1) is 16.3 Å². The van der Waals surface area contributed by atoms with Gasteiger partial charge in [0.15, 0.2) is 0 Å². The minimum absolute atomic E-state index is 0.315. The third-order valence-electron chi connectivity index (χ3n) is 3.34. The second kappa shape index (κ2) is 7.10. The van der Waals surface area contributed by atoms with Crippen molar-refractivity contribution in [2.75, 3.05) is 10.6 Å². The predicted octanol–water partition coefficient (Wildman–Crippen LogP) is 4.43. The van der Waals surface area contributed by atoms with Gasteiger partial charge in [0, 0.05) is 18.1 Å². The summed E-state index contributed by atoms with van der Waals surface area (Å²) in [6.45, 7) is 2.02. The first kappa shape index (κ1) is 16.0. The number of carbonyl (C=O) groups excluding carboxylic acids is 1. The summed E-state index contributed by atoms with van der Waals surface area (Å²) in [4.78, 5) is 20.5. The van der Waals surface area contributed by atoms with Crippen LogP contribution in [0.4, 0.5) is 17.3 Å². The van der Waals surface area contributed by atoms with Crippen LogP contribution in [0, 0.1) is 6.92 Å². The molecule has 2 N–H and O–H groups in total. The Morgan fingerprint density at radius 1 is 1.00 bits per heavy atom. The van der Waals surface area contributed by atoms with Crippen molar-refractivity contribution in [3.05, 3.63) is 77.1 Å². The highest BCUT2D eigenvalue weighted by Gasteiger charge is 2.09. The number of anilines is 3. The maximum absolute atomic E-state index is 12.2. The summed E-state index contributed by atoms with van der Waals surface area (Å²) < 4.78 is 0. The number of carbonyl (C=O) groups is 1. The average Bonchev–Trinajstić information content (AvgIpc) is 2.59. The van der Waals surface area contributed by atoms with Crippen LogP contribution in [0.1, 0.15) is 15.9 Å². The molecule has 0 aliphatic carbocycles. The van der Waals surface area contributed by atoms with Gasteiger partial charge in [-0.3, -0.25) is 4.79 Å². The maximum Gasteiger partial charge on any atom is 0.258 e. The summed E-state index contributed by atoms with van der Waals surface area (Å²) in [5, 5.41) is 6.29. The highest BCUT2D eigenvalue weighted by atomic mass is 35.5. The third kappa shape index (κ3) is 3.88.